The van der Waals surface area contributed by atoms with Gasteiger partial charge in [-0.3, -0.25) is 0 Å². The summed E-state index contributed by atoms with van der Waals surface area (Å²) in [5, 5.41) is 4.97. The van der Waals surface area contributed by atoms with E-state index in [0.29, 0.717) is 0 Å². The van der Waals surface area contributed by atoms with Crippen LogP contribution in [-0.2, 0) is 0 Å². The van der Waals surface area contributed by atoms with Gasteiger partial charge in [0.15, 0.2) is 0 Å². The molecule has 0 atom stereocenters. The Balaban J connectivity index is 1.02. The van der Waals surface area contributed by atoms with Crippen LogP contribution >= 0.6 is 0 Å². The van der Waals surface area contributed by atoms with Crippen LogP contribution in [0.2, 0.25) is 0 Å². The number of para-hydroxylation sites is 5. The highest BCUT2D eigenvalue weighted by Crippen LogP contribution is 2.43. The lowest BCUT2D eigenvalue weighted by atomic mass is 9.51. The summed E-state index contributed by atoms with van der Waals surface area (Å²) in [4.78, 5) is 0. The molecule has 0 N–H and O–H groups in total. The number of benzene rings is 8. The van der Waals surface area contributed by atoms with E-state index in [2.05, 4.69) is 185 Å². The first kappa shape index (κ1) is 28.7. The molecular formula is C48H29BN2O2. The maximum Gasteiger partial charge on any atom is 0.434 e. The molecule has 0 saturated heterocycles. The Bertz CT molecular complexity index is 3050. The van der Waals surface area contributed by atoms with Crippen molar-refractivity contribution < 1.29 is 9.39 Å². The molecule has 0 aliphatic carbocycles. The number of aromatic nitrogens is 2. The van der Waals surface area contributed by atoms with E-state index in [1.807, 2.05) is 0 Å². The topological polar surface area (TPSA) is 28.3 Å². The standard InChI is InChI=1S/C48H29BN2O2/c1-6-18-40(51-43-21-9-4-15-35(43)36-16-5-10-22-44(36)51)32(12-1)30-24-26-37-38-17-11-23-46-48(38)49(53-47(37)28-30)39-29-31(25-27-45(39)52-46)50-41-19-7-2-13-33(41)34-14-3-8-20-42(34)50/h1-29H. The molecule has 5 heteroatoms. The van der Waals surface area contributed by atoms with Crippen molar-refractivity contribution in [2.75, 3.05) is 0 Å². The predicted molar refractivity (Wildman–Crippen MR) is 218 cm³/mol. The lowest BCUT2D eigenvalue weighted by molar-refractivity contribution is 0.479. The van der Waals surface area contributed by atoms with Crippen LogP contribution in [0.15, 0.2) is 176 Å². The van der Waals surface area contributed by atoms with Crippen LogP contribution in [-0.4, -0.2) is 16.0 Å². The smallest absolute Gasteiger partial charge is 0.434 e. The minimum Gasteiger partial charge on any atom is -0.551 e. The van der Waals surface area contributed by atoms with E-state index < -0.39 is 0 Å². The first-order valence-corrected chi connectivity index (χ1v) is 18.1. The summed E-state index contributed by atoms with van der Waals surface area (Å²) in [6.45, 7) is -0.326. The average Bonchev–Trinajstić information content (AvgIpc) is 3.74. The van der Waals surface area contributed by atoms with Gasteiger partial charge in [-0.25, -0.2) is 0 Å². The Morgan fingerprint density at radius 2 is 0.981 bits per heavy atom. The maximum atomic E-state index is 7.15. The lowest BCUT2D eigenvalue weighted by Gasteiger charge is -2.33. The Hall–Kier alpha value is -6.98. The van der Waals surface area contributed by atoms with Gasteiger partial charge in [0.25, 0.3) is 0 Å². The summed E-state index contributed by atoms with van der Waals surface area (Å²) in [5.74, 6) is 2.53. The maximum absolute atomic E-state index is 7.15. The number of fused-ring (bicyclic) bond motifs is 10. The van der Waals surface area contributed by atoms with Crippen LogP contribution in [0.1, 0.15) is 0 Å². The highest BCUT2D eigenvalue weighted by atomic mass is 16.5. The van der Waals surface area contributed by atoms with Crippen molar-refractivity contribution in [1.29, 1.82) is 0 Å². The summed E-state index contributed by atoms with van der Waals surface area (Å²) in [7, 11) is 0. The van der Waals surface area contributed by atoms with Gasteiger partial charge in [-0.05, 0) is 71.8 Å². The third-order valence-electron chi connectivity index (χ3n) is 11.2. The van der Waals surface area contributed by atoms with Crippen molar-refractivity contribution in [1.82, 2.24) is 9.13 Å². The zero-order valence-electron chi connectivity index (χ0n) is 28.5. The Morgan fingerprint density at radius 1 is 0.396 bits per heavy atom. The molecule has 4 nitrogen and oxygen atoms in total. The van der Waals surface area contributed by atoms with E-state index in [9.17, 15) is 0 Å². The van der Waals surface area contributed by atoms with E-state index in [0.717, 1.165) is 61.8 Å². The number of nitrogens with zero attached hydrogens (tertiary/aromatic N) is 2. The van der Waals surface area contributed by atoms with Gasteiger partial charge in [0.2, 0.25) is 0 Å². The minimum absolute atomic E-state index is 0.326. The molecule has 0 unspecified atom stereocenters. The summed E-state index contributed by atoms with van der Waals surface area (Å²) in [6.07, 6.45) is 0. The largest absolute Gasteiger partial charge is 0.551 e. The number of hydrogen-bond acceptors (Lipinski definition) is 2. The summed E-state index contributed by atoms with van der Waals surface area (Å²) in [6, 6.07) is 62.8. The van der Waals surface area contributed by atoms with E-state index in [-0.39, 0.29) is 6.92 Å². The van der Waals surface area contributed by atoms with Crippen molar-refractivity contribution in [3.63, 3.8) is 0 Å². The molecule has 2 aliphatic rings. The van der Waals surface area contributed by atoms with Gasteiger partial charge in [0.05, 0.1) is 27.8 Å². The van der Waals surface area contributed by atoms with Crippen molar-refractivity contribution in [2.24, 2.45) is 0 Å². The predicted octanol–water partition coefficient (Wildman–Crippen LogP) is 10.8. The molecule has 0 amide bonds. The first-order valence-electron chi connectivity index (χ1n) is 18.1. The van der Waals surface area contributed by atoms with E-state index in [1.54, 1.807) is 0 Å². The van der Waals surface area contributed by atoms with E-state index >= 15 is 0 Å². The van der Waals surface area contributed by atoms with Gasteiger partial charge in [-0.1, -0.05) is 115 Å². The SMILES string of the molecule is c1ccc(-n2c3ccccc3c3ccccc32)c(-c2ccc3c(c2)OB2c4cc(-n5c6ccccc6c6ccccc65)ccc4Oc4cccc-3c42)c1. The average molecular weight is 677 g/mol. The molecular weight excluding hydrogens is 647 g/mol. The Kier molecular flexibility index (Phi) is 5.83. The summed E-state index contributed by atoms with van der Waals surface area (Å²) in [5.41, 5.74) is 13.5. The van der Waals surface area contributed by atoms with E-state index in [1.165, 1.54) is 43.6 Å². The van der Waals surface area contributed by atoms with Crippen molar-refractivity contribution >= 4 is 61.5 Å². The van der Waals surface area contributed by atoms with Crippen LogP contribution in [0.3, 0.4) is 0 Å². The third-order valence-corrected chi connectivity index (χ3v) is 11.2. The molecule has 0 fully saturated rings. The van der Waals surface area contributed by atoms with Gasteiger partial charge in [0, 0.05) is 49.3 Å². The first-order chi connectivity index (χ1) is 26.3. The monoisotopic (exact) mass is 676 g/mol. The van der Waals surface area contributed by atoms with Gasteiger partial charge in [0.1, 0.15) is 17.2 Å². The molecule has 2 aromatic heterocycles. The highest BCUT2D eigenvalue weighted by molar-refractivity contribution is 6.84. The second kappa shape index (κ2) is 10.8. The molecule has 0 radical (unpaired) electrons. The van der Waals surface area contributed by atoms with Crippen molar-refractivity contribution in [2.45, 2.75) is 0 Å². The number of ether oxygens (including phenoxy) is 1. The minimum atomic E-state index is -0.326. The van der Waals surface area contributed by atoms with Crippen LogP contribution in [0, 0.1) is 0 Å². The molecule has 246 valence electrons. The molecule has 53 heavy (non-hydrogen) atoms. The normalized spacial score (nSPS) is 12.8. The lowest BCUT2D eigenvalue weighted by Crippen LogP contribution is -2.53. The molecule has 0 spiro atoms. The molecule has 0 bridgehead atoms. The van der Waals surface area contributed by atoms with Crippen LogP contribution in [0.5, 0.6) is 17.2 Å². The van der Waals surface area contributed by atoms with Gasteiger partial charge in [-0.15, -0.1) is 0 Å². The van der Waals surface area contributed by atoms with Crippen molar-refractivity contribution in [3.05, 3.63) is 176 Å². The van der Waals surface area contributed by atoms with E-state index in [4.69, 9.17) is 9.39 Å². The molecule has 8 aromatic carbocycles. The Morgan fingerprint density at radius 3 is 1.66 bits per heavy atom. The second-order valence-electron chi connectivity index (χ2n) is 14.0. The number of rotatable bonds is 3. The second-order valence-corrected chi connectivity index (χ2v) is 14.0. The molecule has 2 aliphatic heterocycles. The molecule has 4 heterocycles. The number of hydrogen-bond donors (Lipinski definition) is 0. The Labute approximate surface area is 305 Å². The molecule has 0 saturated carbocycles. The summed E-state index contributed by atoms with van der Waals surface area (Å²) < 4.78 is 18.5. The highest BCUT2D eigenvalue weighted by Gasteiger charge is 2.41. The molecule has 10 aromatic rings. The molecule has 12 rings (SSSR count). The fourth-order valence-corrected chi connectivity index (χ4v) is 8.94. The summed E-state index contributed by atoms with van der Waals surface area (Å²) >= 11 is 0. The van der Waals surface area contributed by atoms with Crippen molar-refractivity contribution in [3.8, 4) is 50.9 Å². The quantitative estimate of drug-likeness (QED) is 0.174. The zero-order chi connectivity index (χ0) is 34.6. The third kappa shape index (κ3) is 4.02. The van der Waals surface area contributed by atoms with Gasteiger partial charge >= 0.3 is 6.92 Å². The van der Waals surface area contributed by atoms with Crippen LogP contribution in [0.25, 0.3) is 77.2 Å². The van der Waals surface area contributed by atoms with Gasteiger partial charge in [-0.2, -0.15) is 0 Å². The fraction of sp³-hybridized carbons (Fsp3) is 0. The zero-order valence-corrected chi connectivity index (χ0v) is 28.5. The van der Waals surface area contributed by atoms with Crippen LogP contribution in [0.4, 0.5) is 0 Å². The fourth-order valence-electron chi connectivity index (χ4n) is 8.94. The van der Waals surface area contributed by atoms with Gasteiger partial charge < -0.3 is 18.5 Å². The van der Waals surface area contributed by atoms with Crippen LogP contribution < -0.4 is 20.3 Å².